The molecule has 1 heterocycles. The number of anilines is 2. The Hall–Kier alpha value is -1.46. The lowest BCUT2D eigenvalue weighted by Gasteiger charge is -2.23. The van der Waals surface area contributed by atoms with Crippen molar-refractivity contribution in [1.82, 2.24) is 0 Å². The van der Waals surface area contributed by atoms with Crippen LogP contribution in [0, 0.1) is 0 Å². The molecule has 0 amide bonds. The minimum atomic E-state index is -0.471. The van der Waals surface area contributed by atoms with Gasteiger partial charge in [0.15, 0.2) is 0 Å². The number of halogens is 1. The smallest absolute Gasteiger partial charge is 0.340 e. The largest absolute Gasteiger partial charge is 0.465 e. The van der Waals surface area contributed by atoms with E-state index in [1.54, 1.807) is 12.1 Å². The SMILES string of the molecule is COC(=O)c1cc(N)cc(Cl)c1NC(C)C1CCCO1. The average molecular weight is 299 g/mol. The van der Waals surface area contributed by atoms with Gasteiger partial charge >= 0.3 is 5.97 Å². The number of ether oxygens (including phenoxy) is 2. The number of rotatable bonds is 4. The summed E-state index contributed by atoms with van der Waals surface area (Å²) in [5.74, 6) is -0.471. The molecular weight excluding hydrogens is 280 g/mol. The van der Waals surface area contributed by atoms with Crippen LogP contribution >= 0.6 is 11.6 Å². The maximum Gasteiger partial charge on any atom is 0.340 e. The first kappa shape index (κ1) is 14.9. The van der Waals surface area contributed by atoms with Crippen LogP contribution in [-0.4, -0.2) is 31.8 Å². The van der Waals surface area contributed by atoms with E-state index >= 15 is 0 Å². The van der Waals surface area contributed by atoms with E-state index in [1.165, 1.54) is 7.11 Å². The Morgan fingerprint density at radius 2 is 2.35 bits per heavy atom. The van der Waals surface area contributed by atoms with E-state index in [9.17, 15) is 4.79 Å². The summed E-state index contributed by atoms with van der Waals surface area (Å²) >= 11 is 6.20. The Balaban J connectivity index is 2.27. The average Bonchev–Trinajstić information content (AvgIpc) is 2.94. The summed E-state index contributed by atoms with van der Waals surface area (Å²) in [7, 11) is 1.33. The van der Waals surface area contributed by atoms with Crippen molar-refractivity contribution in [2.75, 3.05) is 24.8 Å². The molecule has 1 aliphatic heterocycles. The van der Waals surface area contributed by atoms with E-state index < -0.39 is 5.97 Å². The number of esters is 1. The molecule has 1 aromatic rings. The lowest BCUT2D eigenvalue weighted by atomic mass is 10.1. The van der Waals surface area contributed by atoms with Crippen molar-refractivity contribution in [3.8, 4) is 0 Å². The third-order valence-electron chi connectivity index (χ3n) is 3.41. The van der Waals surface area contributed by atoms with Gasteiger partial charge in [-0.2, -0.15) is 0 Å². The van der Waals surface area contributed by atoms with Crippen LogP contribution in [0.15, 0.2) is 12.1 Å². The highest BCUT2D eigenvalue weighted by Crippen LogP contribution is 2.31. The van der Waals surface area contributed by atoms with Gasteiger partial charge in [-0.05, 0) is 31.9 Å². The van der Waals surface area contributed by atoms with Crippen LogP contribution in [0.4, 0.5) is 11.4 Å². The highest BCUT2D eigenvalue weighted by molar-refractivity contribution is 6.34. The van der Waals surface area contributed by atoms with Crippen LogP contribution in [0.25, 0.3) is 0 Å². The highest BCUT2D eigenvalue weighted by Gasteiger charge is 2.25. The van der Waals surface area contributed by atoms with E-state index in [0.29, 0.717) is 22.0 Å². The van der Waals surface area contributed by atoms with Crippen molar-refractivity contribution in [2.24, 2.45) is 0 Å². The number of methoxy groups -OCH3 is 1. The van der Waals surface area contributed by atoms with Crippen molar-refractivity contribution in [3.63, 3.8) is 0 Å². The lowest BCUT2D eigenvalue weighted by Crippen LogP contribution is -2.31. The maximum atomic E-state index is 11.8. The predicted molar refractivity (Wildman–Crippen MR) is 79.3 cm³/mol. The van der Waals surface area contributed by atoms with Gasteiger partial charge in [0.25, 0.3) is 0 Å². The highest BCUT2D eigenvalue weighted by atomic mass is 35.5. The Labute approximate surface area is 123 Å². The number of carbonyl (C=O) groups is 1. The van der Waals surface area contributed by atoms with Crippen LogP contribution in [-0.2, 0) is 9.47 Å². The van der Waals surface area contributed by atoms with E-state index in [-0.39, 0.29) is 12.1 Å². The molecule has 6 heteroatoms. The van der Waals surface area contributed by atoms with Crippen molar-refractivity contribution in [3.05, 3.63) is 22.7 Å². The maximum absolute atomic E-state index is 11.8. The van der Waals surface area contributed by atoms with Gasteiger partial charge in [0.05, 0.1) is 29.5 Å². The molecule has 2 unspecified atom stereocenters. The zero-order valence-corrected chi connectivity index (χ0v) is 12.4. The monoisotopic (exact) mass is 298 g/mol. The molecule has 2 rings (SSSR count). The summed E-state index contributed by atoms with van der Waals surface area (Å²) < 4.78 is 10.4. The number of nitrogens with two attached hydrogens (primary N) is 1. The second-order valence-corrected chi connectivity index (χ2v) is 5.31. The fourth-order valence-corrected chi connectivity index (χ4v) is 2.65. The van der Waals surface area contributed by atoms with Crippen molar-refractivity contribution >= 4 is 28.9 Å². The number of benzene rings is 1. The van der Waals surface area contributed by atoms with Gasteiger partial charge in [-0.3, -0.25) is 0 Å². The second kappa shape index (κ2) is 6.33. The molecule has 0 radical (unpaired) electrons. The zero-order chi connectivity index (χ0) is 14.7. The molecule has 5 nitrogen and oxygen atoms in total. The number of hydrogen-bond acceptors (Lipinski definition) is 5. The van der Waals surface area contributed by atoms with Crippen molar-refractivity contribution in [2.45, 2.75) is 31.9 Å². The van der Waals surface area contributed by atoms with Gasteiger partial charge < -0.3 is 20.5 Å². The number of nitrogen functional groups attached to an aromatic ring is 1. The third kappa shape index (κ3) is 3.16. The van der Waals surface area contributed by atoms with Crippen molar-refractivity contribution in [1.29, 1.82) is 0 Å². The molecule has 20 heavy (non-hydrogen) atoms. The quantitative estimate of drug-likeness (QED) is 0.660. The Morgan fingerprint density at radius 3 is 2.95 bits per heavy atom. The molecule has 1 saturated heterocycles. The topological polar surface area (TPSA) is 73.6 Å². The fourth-order valence-electron chi connectivity index (χ4n) is 2.36. The number of hydrogen-bond donors (Lipinski definition) is 2. The Kier molecular flexibility index (Phi) is 4.73. The van der Waals surface area contributed by atoms with E-state index in [4.69, 9.17) is 26.8 Å². The van der Waals surface area contributed by atoms with Gasteiger partial charge in [0.2, 0.25) is 0 Å². The molecular formula is C14H19ClN2O3. The molecule has 1 fully saturated rings. The van der Waals surface area contributed by atoms with E-state index in [0.717, 1.165) is 19.4 Å². The minimum absolute atomic E-state index is 0.0435. The summed E-state index contributed by atoms with van der Waals surface area (Å²) in [5.41, 5.74) is 7.02. The molecule has 110 valence electrons. The van der Waals surface area contributed by atoms with Crippen LogP contribution in [0.1, 0.15) is 30.1 Å². The van der Waals surface area contributed by atoms with Gasteiger partial charge in [-0.15, -0.1) is 0 Å². The molecule has 0 aliphatic carbocycles. The predicted octanol–water partition coefficient (Wildman–Crippen LogP) is 2.69. The molecule has 3 N–H and O–H groups in total. The fraction of sp³-hybridized carbons (Fsp3) is 0.500. The molecule has 2 atom stereocenters. The molecule has 1 aliphatic rings. The first-order valence-electron chi connectivity index (χ1n) is 6.58. The van der Waals surface area contributed by atoms with Gasteiger partial charge in [0.1, 0.15) is 0 Å². The zero-order valence-electron chi connectivity index (χ0n) is 11.6. The summed E-state index contributed by atoms with van der Waals surface area (Å²) in [6, 6.07) is 3.21. The minimum Gasteiger partial charge on any atom is -0.465 e. The molecule has 0 saturated carbocycles. The summed E-state index contributed by atoms with van der Waals surface area (Å²) in [4.78, 5) is 11.8. The summed E-state index contributed by atoms with van der Waals surface area (Å²) in [6.45, 7) is 2.78. The van der Waals surface area contributed by atoms with Gasteiger partial charge in [-0.1, -0.05) is 11.6 Å². The second-order valence-electron chi connectivity index (χ2n) is 4.90. The normalized spacial score (nSPS) is 19.6. The van der Waals surface area contributed by atoms with Gasteiger partial charge in [0, 0.05) is 18.3 Å². The van der Waals surface area contributed by atoms with Crippen LogP contribution in [0.3, 0.4) is 0 Å². The Bertz CT molecular complexity index is 501. The standard InChI is InChI=1S/C14H19ClN2O3/c1-8(12-4-3-5-20-12)17-13-10(14(18)19-2)6-9(16)7-11(13)15/h6-8,12,17H,3-5,16H2,1-2H3. The van der Waals surface area contributed by atoms with Crippen LogP contribution in [0.2, 0.25) is 5.02 Å². The van der Waals surface area contributed by atoms with Crippen molar-refractivity contribution < 1.29 is 14.3 Å². The lowest BCUT2D eigenvalue weighted by molar-refractivity contribution is 0.0601. The van der Waals surface area contributed by atoms with E-state index in [1.807, 2.05) is 6.92 Å². The molecule has 0 bridgehead atoms. The van der Waals surface area contributed by atoms with Gasteiger partial charge in [-0.25, -0.2) is 4.79 Å². The number of nitrogens with one attached hydrogen (secondary N) is 1. The molecule has 0 spiro atoms. The molecule has 0 aromatic heterocycles. The van der Waals surface area contributed by atoms with Crippen LogP contribution in [0.5, 0.6) is 0 Å². The Morgan fingerprint density at radius 1 is 1.60 bits per heavy atom. The first-order valence-corrected chi connectivity index (χ1v) is 6.96. The molecule has 1 aromatic carbocycles. The van der Waals surface area contributed by atoms with E-state index in [2.05, 4.69) is 5.32 Å². The third-order valence-corrected chi connectivity index (χ3v) is 3.71. The first-order chi connectivity index (χ1) is 9.52. The van der Waals surface area contributed by atoms with Crippen LogP contribution < -0.4 is 11.1 Å². The summed E-state index contributed by atoms with van der Waals surface area (Å²) in [5, 5.41) is 3.65. The number of carbonyl (C=O) groups excluding carboxylic acids is 1. The summed E-state index contributed by atoms with van der Waals surface area (Å²) in [6.07, 6.45) is 2.17.